The van der Waals surface area contributed by atoms with Gasteiger partial charge in [-0.3, -0.25) is 9.69 Å². The molecule has 6 rings (SSSR count). The second-order valence-corrected chi connectivity index (χ2v) is 11.6. The number of likely N-dealkylation sites (N-methyl/N-ethyl adjacent to an activating group) is 1. The Morgan fingerprint density at radius 3 is 2.67 bits per heavy atom. The lowest BCUT2D eigenvalue weighted by atomic mass is 10.1. The normalized spacial score (nSPS) is 17.4. The number of rotatable bonds is 11. The van der Waals surface area contributed by atoms with Crippen LogP contribution in [0.25, 0.3) is 11.0 Å². The predicted octanol–water partition coefficient (Wildman–Crippen LogP) is 4.77. The third kappa shape index (κ3) is 6.79. The minimum absolute atomic E-state index is 0.0320. The van der Waals surface area contributed by atoms with E-state index in [0.29, 0.717) is 37.6 Å². The highest BCUT2D eigenvalue weighted by Crippen LogP contribution is 2.27. The van der Waals surface area contributed by atoms with Gasteiger partial charge in [0.05, 0.1) is 46.5 Å². The van der Waals surface area contributed by atoms with E-state index in [4.69, 9.17) is 19.7 Å². The molecule has 2 fully saturated rings. The van der Waals surface area contributed by atoms with Gasteiger partial charge in [0, 0.05) is 38.7 Å². The zero-order valence-electron chi connectivity index (χ0n) is 25.6. The maximum absolute atomic E-state index is 14.2. The van der Waals surface area contributed by atoms with Crippen LogP contribution in [-0.4, -0.2) is 73.1 Å². The number of imidazole rings is 1. The average Bonchev–Trinajstić information content (AvgIpc) is 3.59. The second-order valence-electron chi connectivity index (χ2n) is 11.6. The van der Waals surface area contributed by atoms with Crippen molar-refractivity contribution in [3.05, 3.63) is 83.1 Å². The van der Waals surface area contributed by atoms with Gasteiger partial charge in [-0.05, 0) is 68.7 Å². The van der Waals surface area contributed by atoms with Crippen LogP contribution in [0.4, 0.5) is 4.39 Å². The first-order chi connectivity index (χ1) is 22.3. The van der Waals surface area contributed by atoms with Gasteiger partial charge >= 0.3 is 5.97 Å². The number of carboxylic acid groups (broad SMARTS) is 1. The van der Waals surface area contributed by atoms with Crippen LogP contribution >= 0.6 is 0 Å². The van der Waals surface area contributed by atoms with Crippen LogP contribution in [0.1, 0.15) is 60.0 Å². The van der Waals surface area contributed by atoms with Crippen molar-refractivity contribution in [3.63, 3.8) is 0 Å². The molecule has 0 radical (unpaired) electrons. The Kier molecular flexibility index (Phi) is 9.12. The minimum Gasteiger partial charge on any atom is -0.484 e. The molecule has 46 heavy (non-hydrogen) atoms. The molecule has 238 valence electrons. The fourth-order valence-electron chi connectivity index (χ4n) is 6.26. The molecule has 12 heteroatoms. The molecule has 0 aliphatic carbocycles. The molecule has 4 aromatic rings. The van der Waals surface area contributed by atoms with E-state index in [-0.39, 0.29) is 41.5 Å². The molecule has 0 spiro atoms. The van der Waals surface area contributed by atoms with E-state index in [0.717, 1.165) is 55.3 Å². The summed E-state index contributed by atoms with van der Waals surface area (Å²) in [6.45, 7) is 5.38. The maximum Gasteiger partial charge on any atom is 0.335 e. The predicted molar refractivity (Wildman–Crippen MR) is 166 cm³/mol. The number of hydrogen-bond donors (Lipinski definition) is 1. The van der Waals surface area contributed by atoms with E-state index < -0.39 is 11.8 Å². The number of carboxylic acids is 1. The van der Waals surface area contributed by atoms with Crippen LogP contribution in [0.3, 0.4) is 0 Å². The fraction of sp³-hybridized carbons (Fsp3) is 0.382. The first-order valence-corrected chi connectivity index (χ1v) is 15.5. The van der Waals surface area contributed by atoms with Gasteiger partial charge in [0.2, 0.25) is 11.8 Å². The Morgan fingerprint density at radius 2 is 1.93 bits per heavy atom. The molecule has 2 aliphatic heterocycles. The molecule has 1 amide bonds. The Morgan fingerprint density at radius 1 is 1.11 bits per heavy atom. The molecule has 0 unspecified atom stereocenters. The molecule has 11 nitrogen and oxygen atoms in total. The van der Waals surface area contributed by atoms with Gasteiger partial charge in [-0.1, -0.05) is 6.07 Å². The lowest BCUT2D eigenvalue weighted by molar-refractivity contribution is -0.128. The van der Waals surface area contributed by atoms with Gasteiger partial charge in [-0.25, -0.2) is 19.2 Å². The standard InChI is InChI=1S/C34H35FN6O5/c1-2-40-25(8-11-33(40)42)19-41-29-17-23(34(43)44)7-9-28(29)38-31(41)20-39-14-12-26(13-15-39)46-32-5-3-4-24(37-32)21-45-30-10-6-22(18-36)16-27(30)35/h3-7,9-10,16-17,25-26H,2,8,11-15,19-21H2,1H3,(H,43,44)/t25-/m0/s1. The first kappa shape index (κ1) is 31.0. The quantitative estimate of drug-likeness (QED) is 0.250. The summed E-state index contributed by atoms with van der Waals surface area (Å²) in [7, 11) is 0. The number of piperidine rings is 1. The van der Waals surface area contributed by atoms with Crippen molar-refractivity contribution in [2.45, 2.75) is 64.4 Å². The third-order valence-electron chi connectivity index (χ3n) is 8.67. The van der Waals surface area contributed by atoms with Gasteiger partial charge in [-0.15, -0.1) is 0 Å². The number of benzene rings is 2. The van der Waals surface area contributed by atoms with Crippen LogP contribution in [0.5, 0.6) is 11.6 Å². The van der Waals surface area contributed by atoms with Crippen LogP contribution in [-0.2, 0) is 24.5 Å². The summed E-state index contributed by atoms with van der Waals surface area (Å²) in [5.41, 5.74) is 2.53. The van der Waals surface area contributed by atoms with Gasteiger partial charge < -0.3 is 24.0 Å². The van der Waals surface area contributed by atoms with E-state index in [2.05, 4.69) is 14.5 Å². The largest absolute Gasteiger partial charge is 0.484 e. The van der Waals surface area contributed by atoms with Crippen molar-refractivity contribution in [1.82, 2.24) is 24.3 Å². The summed E-state index contributed by atoms with van der Waals surface area (Å²) in [6, 6.07) is 16.4. The highest BCUT2D eigenvalue weighted by Gasteiger charge is 2.31. The van der Waals surface area contributed by atoms with Crippen LogP contribution in [0.2, 0.25) is 0 Å². The molecule has 2 aromatic carbocycles. The topological polar surface area (TPSA) is 134 Å². The summed E-state index contributed by atoms with van der Waals surface area (Å²) in [6.07, 6.45) is 2.82. The Hall–Kier alpha value is -5.02. The lowest BCUT2D eigenvalue weighted by Crippen LogP contribution is -2.39. The number of ether oxygens (including phenoxy) is 2. The molecule has 2 aliphatic rings. The summed E-state index contributed by atoms with van der Waals surface area (Å²) in [4.78, 5) is 37.8. The van der Waals surface area contributed by atoms with Crippen molar-refractivity contribution < 1.29 is 28.6 Å². The van der Waals surface area contributed by atoms with E-state index in [1.165, 1.54) is 12.1 Å². The number of carbonyl (C=O) groups excluding carboxylic acids is 1. The second kappa shape index (κ2) is 13.5. The average molecular weight is 627 g/mol. The highest BCUT2D eigenvalue weighted by atomic mass is 19.1. The van der Waals surface area contributed by atoms with Gasteiger partial charge in [0.1, 0.15) is 18.5 Å². The van der Waals surface area contributed by atoms with Crippen LogP contribution in [0, 0.1) is 17.1 Å². The molecule has 4 heterocycles. The monoisotopic (exact) mass is 626 g/mol. The number of hydrogen-bond acceptors (Lipinski definition) is 8. The van der Waals surface area contributed by atoms with E-state index in [9.17, 15) is 19.1 Å². The SMILES string of the molecule is CCN1C(=O)CC[C@H]1Cn1c(CN2CCC(Oc3cccc(COc4ccc(C#N)cc4F)n3)CC2)nc2ccc(C(=O)O)cc21. The van der Waals surface area contributed by atoms with E-state index >= 15 is 0 Å². The number of pyridine rings is 1. The zero-order chi connectivity index (χ0) is 32.2. The first-order valence-electron chi connectivity index (χ1n) is 15.5. The van der Waals surface area contributed by atoms with Crippen molar-refractivity contribution in [1.29, 1.82) is 5.26 Å². The smallest absolute Gasteiger partial charge is 0.335 e. The van der Waals surface area contributed by atoms with E-state index in [1.807, 2.05) is 24.0 Å². The Balaban J connectivity index is 1.09. The zero-order valence-corrected chi connectivity index (χ0v) is 25.6. The number of halogens is 1. The number of aromatic carboxylic acids is 1. The van der Waals surface area contributed by atoms with Gasteiger partial charge in [0.25, 0.3) is 0 Å². The minimum atomic E-state index is -0.989. The van der Waals surface area contributed by atoms with Gasteiger partial charge in [0.15, 0.2) is 11.6 Å². The molecule has 2 saturated heterocycles. The van der Waals surface area contributed by atoms with Crippen LogP contribution in [0.15, 0.2) is 54.6 Å². The number of aromatic nitrogens is 3. The van der Waals surface area contributed by atoms with Crippen LogP contribution < -0.4 is 9.47 Å². The van der Waals surface area contributed by atoms with Crippen molar-refractivity contribution in [3.8, 4) is 17.7 Å². The fourth-order valence-corrected chi connectivity index (χ4v) is 6.26. The number of nitrogens with zero attached hydrogens (tertiary/aromatic N) is 6. The van der Waals surface area contributed by atoms with Crippen molar-refractivity contribution >= 4 is 22.9 Å². The Bertz CT molecular complexity index is 1790. The number of amides is 1. The molecule has 1 N–H and O–H groups in total. The number of carbonyl (C=O) groups is 2. The molecule has 0 saturated carbocycles. The number of likely N-dealkylation sites (tertiary alicyclic amines) is 2. The summed E-state index contributed by atoms with van der Waals surface area (Å²) < 4.78 is 28.1. The number of fused-ring (bicyclic) bond motifs is 1. The third-order valence-corrected chi connectivity index (χ3v) is 8.67. The number of nitriles is 1. The molecule has 2 aromatic heterocycles. The molecular formula is C34H35FN6O5. The molecule has 0 bridgehead atoms. The van der Waals surface area contributed by atoms with Crippen molar-refractivity contribution in [2.75, 3.05) is 19.6 Å². The van der Waals surface area contributed by atoms with Crippen molar-refractivity contribution in [2.24, 2.45) is 0 Å². The molecular weight excluding hydrogens is 591 g/mol. The van der Waals surface area contributed by atoms with Gasteiger partial charge in [-0.2, -0.15) is 5.26 Å². The maximum atomic E-state index is 14.2. The summed E-state index contributed by atoms with van der Waals surface area (Å²) in [5.74, 6) is -0.0650. The highest BCUT2D eigenvalue weighted by molar-refractivity contribution is 5.92. The van der Waals surface area contributed by atoms with E-state index in [1.54, 1.807) is 30.3 Å². The Labute approximate surface area is 265 Å². The molecule has 1 atom stereocenters. The lowest BCUT2D eigenvalue weighted by Gasteiger charge is -2.32. The summed E-state index contributed by atoms with van der Waals surface area (Å²) in [5, 5.41) is 18.5. The summed E-state index contributed by atoms with van der Waals surface area (Å²) >= 11 is 0.